The molecule has 0 heterocycles. The topological polar surface area (TPSA) is 241 Å². The van der Waals surface area contributed by atoms with Gasteiger partial charge in [-0.3, -0.25) is 0 Å². The normalized spacial score (nSPS) is 7.50. The van der Waals surface area contributed by atoms with Gasteiger partial charge in [0.05, 0.1) is 0 Å². The second-order valence-electron chi connectivity index (χ2n) is 1.11. The summed E-state index contributed by atoms with van der Waals surface area (Å²) in [5, 5.41) is 54.5. The zero-order valence-electron chi connectivity index (χ0n) is 9.36. The van der Waals surface area contributed by atoms with E-state index in [1.807, 2.05) is 0 Å². The standard InChI is InChI=1S/C2O6.6Al.6O/c3-1(4,5)2(6,7)8;;;;;;;;;;;;/q-6;6*+1;;;;;;. The summed E-state index contributed by atoms with van der Waals surface area (Å²) in [4.78, 5) is 0. The molecule has 0 aromatic rings. The minimum absolute atomic E-state index is 1.17. The molecule has 0 unspecified atom stereocenters. The van der Waals surface area contributed by atoms with Gasteiger partial charge in [0.1, 0.15) is 0 Å². The average molecular weight is 378 g/mol. The van der Waals surface area contributed by atoms with Crippen molar-refractivity contribution in [3.05, 3.63) is 0 Å². The third-order valence-corrected chi connectivity index (χ3v) is 0.375. The monoisotopic (exact) mass is 378 g/mol. The Morgan fingerprint density at radius 2 is 0.400 bits per heavy atom. The zero-order chi connectivity index (χ0) is 19.0. The van der Waals surface area contributed by atoms with Crippen LogP contribution in [0.15, 0.2) is 0 Å². The first kappa shape index (κ1) is 43.0. The second-order valence-corrected chi connectivity index (χ2v) is 1.11. The molecular formula is C2Al6O12. The summed E-state index contributed by atoms with van der Waals surface area (Å²) in [6.45, 7) is 0. The van der Waals surface area contributed by atoms with Gasteiger partial charge in [0.15, 0.2) is 0 Å². The van der Waals surface area contributed by atoms with E-state index in [9.17, 15) is 0 Å². The van der Waals surface area contributed by atoms with Gasteiger partial charge >= 0.3 is 120 Å². The van der Waals surface area contributed by atoms with Crippen molar-refractivity contribution in [1.82, 2.24) is 0 Å². The summed E-state index contributed by atoms with van der Waals surface area (Å²) in [6.07, 6.45) is 0. The van der Waals surface area contributed by atoms with Gasteiger partial charge in [-0.25, -0.2) is 0 Å². The molecule has 0 fully saturated rings. The molecule has 0 saturated heterocycles. The van der Waals surface area contributed by atoms with Gasteiger partial charge in [0, 0.05) is 0 Å². The van der Waals surface area contributed by atoms with E-state index in [-0.39, 0.29) is 0 Å². The number of hydrogen-bond acceptors (Lipinski definition) is 12. The summed E-state index contributed by atoms with van der Waals surface area (Å²) in [7, 11) is 0. The molecule has 0 spiro atoms. The van der Waals surface area contributed by atoms with Gasteiger partial charge < -0.3 is 42.6 Å². The molecule has 0 aliphatic heterocycles. The molecule has 0 radical (unpaired) electrons. The van der Waals surface area contributed by atoms with Gasteiger partial charge in [0.2, 0.25) is 0 Å². The van der Waals surface area contributed by atoms with Crippen molar-refractivity contribution in [3.63, 3.8) is 0 Å². The van der Waals surface area contributed by atoms with E-state index in [2.05, 4.69) is 0 Å². The van der Waals surface area contributed by atoms with Crippen molar-refractivity contribution in [1.29, 1.82) is 0 Å². The van der Waals surface area contributed by atoms with Crippen LogP contribution in [0.3, 0.4) is 0 Å². The van der Waals surface area contributed by atoms with Gasteiger partial charge in [-0.1, -0.05) is 0 Å². The average Bonchev–Trinajstić information content (AvgIpc) is 2.49. The molecular weight excluding hydrogens is 378 g/mol. The van der Waals surface area contributed by atoms with E-state index in [1.54, 1.807) is 0 Å². The van der Waals surface area contributed by atoms with Crippen LogP contribution in [0.5, 0.6) is 0 Å². The molecule has 0 rings (SSSR count). The molecule has 0 aliphatic carbocycles. The molecule has 0 atom stereocenters. The maximum absolute atomic E-state index is 9.08. The molecule has 0 N–H and O–H groups in total. The Morgan fingerprint density at radius 3 is 0.400 bits per heavy atom. The van der Waals surface area contributed by atoms with E-state index in [1.165, 1.54) is 97.3 Å². The van der Waals surface area contributed by atoms with E-state index in [0.29, 0.717) is 0 Å². The first-order valence-electron chi connectivity index (χ1n) is 2.89. The minimum atomic E-state index is -4.98. The summed E-state index contributed by atoms with van der Waals surface area (Å²) >= 11 is 7.00. The number of rotatable bonds is 1. The van der Waals surface area contributed by atoms with Crippen LogP contribution in [0.2, 0.25) is 0 Å². The maximum atomic E-state index is 9.08. The van der Waals surface area contributed by atoms with Crippen molar-refractivity contribution in [2.45, 2.75) is 11.9 Å². The van der Waals surface area contributed by atoms with Crippen LogP contribution in [0.1, 0.15) is 0 Å². The fourth-order valence-electron chi connectivity index (χ4n) is 0. The second kappa shape index (κ2) is 42.8. The van der Waals surface area contributed by atoms with Crippen LogP contribution in [0.25, 0.3) is 0 Å². The molecule has 18 heteroatoms. The first-order chi connectivity index (χ1) is 9.25. The van der Waals surface area contributed by atoms with E-state index in [4.69, 9.17) is 53.5 Å². The Bertz CT molecular complexity index is 129. The quantitative estimate of drug-likeness (QED) is 0.305. The molecule has 98 valence electrons. The molecule has 0 bridgehead atoms. The molecule has 0 aromatic carbocycles. The molecule has 12 nitrogen and oxygen atoms in total. The van der Waals surface area contributed by atoms with Crippen molar-refractivity contribution < 1.29 is 53.5 Å². The third-order valence-electron chi connectivity index (χ3n) is 0.375. The Balaban J connectivity index is -0.0000000238. The fourth-order valence-corrected chi connectivity index (χ4v) is 0. The summed E-state index contributed by atoms with van der Waals surface area (Å²) in [5.41, 5.74) is 0. The molecule has 0 saturated carbocycles. The Labute approximate surface area is 161 Å². The first-order valence-corrected chi connectivity index (χ1v) is 5.72. The van der Waals surface area contributed by atoms with Crippen LogP contribution in [0.4, 0.5) is 0 Å². The predicted octanol–water partition coefficient (Wildman–Crippen LogP) is -10.5. The summed E-state index contributed by atoms with van der Waals surface area (Å²) in [6, 6.07) is 0. The Kier molecular flexibility index (Phi) is 92.1. The molecule has 0 aliphatic rings. The molecule has 0 aromatic heterocycles. The van der Waals surface area contributed by atoms with Crippen molar-refractivity contribution in [2.75, 3.05) is 0 Å². The van der Waals surface area contributed by atoms with Crippen LogP contribution in [0, 0.1) is 0 Å². The molecule has 20 heavy (non-hydrogen) atoms. The van der Waals surface area contributed by atoms with Gasteiger partial charge in [0.25, 0.3) is 0 Å². The summed E-state index contributed by atoms with van der Waals surface area (Å²) < 4.78 is 49.0. The molecule has 0 amide bonds. The predicted molar refractivity (Wildman–Crippen MR) is 44.1 cm³/mol. The Morgan fingerprint density at radius 1 is 0.350 bits per heavy atom. The van der Waals surface area contributed by atoms with E-state index < -0.39 is 11.9 Å². The van der Waals surface area contributed by atoms with Crippen molar-refractivity contribution in [3.8, 4) is 0 Å². The van der Waals surface area contributed by atoms with E-state index >= 15 is 0 Å². The van der Waals surface area contributed by atoms with E-state index in [0.717, 1.165) is 0 Å². The van der Waals surface area contributed by atoms with Gasteiger partial charge in [-0.05, 0) is 0 Å². The Hall–Kier alpha value is 1.75. The number of hydrogen-bond donors (Lipinski definition) is 0. The van der Waals surface area contributed by atoms with Crippen LogP contribution in [-0.2, 0) is 22.8 Å². The third kappa shape index (κ3) is 60.1. The van der Waals surface area contributed by atoms with Crippen LogP contribution >= 0.6 is 0 Å². The van der Waals surface area contributed by atoms with Crippen LogP contribution in [-0.4, -0.2) is 109 Å². The van der Waals surface area contributed by atoms with Gasteiger partial charge in [-0.2, -0.15) is 0 Å². The SMILES string of the molecule is [O-]C([O-])([O-])C([O-])([O-])[O-].[O]=[Al+].[O]=[Al+].[O]=[Al+].[O]=[Al+].[O]=[Al+].[O]=[Al+]. The van der Waals surface area contributed by atoms with Gasteiger partial charge in [-0.15, -0.1) is 0 Å². The summed E-state index contributed by atoms with van der Waals surface area (Å²) in [5.74, 6) is -9.96. The van der Waals surface area contributed by atoms with Crippen molar-refractivity contribution >= 4 is 97.3 Å². The fraction of sp³-hybridized carbons (Fsp3) is 1.00. The zero-order valence-corrected chi connectivity index (χ0v) is 16.3. The van der Waals surface area contributed by atoms with Crippen LogP contribution < -0.4 is 30.6 Å². The van der Waals surface area contributed by atoms with Crippen molar-refractivity contribution in [2.24, 2.45) is 0 Å².